The van der Waals surface area contributed by atoms with E-state index in [9.17, 15) is 13.2 Å². The van der Waals surface area contributed by atoms with E-state index in [0.29, 0.717) is 17.1 Å². The van der Waals surface area contributed by atoms with Gasteiger partial charge in [-0.3, -0.25) is 0 Å². The third-order valence-electron chi connectivity index (χ3n) is 2.69. The SMILES string of the molecule is FC(F)(F)c1cc(Cl)c(Oc2cccc(CBr)c2)c(Cl)c1Cl. The van der Waals surface area contributed by atoms with Crippen LogP contribution in [0.4, 0.5) is 13.2 Å². The van der Waals surface area contributed by atoms with Crippen molar-refractivity contribution in [2.45, 2.75) is 11.5 Å². The van der Waals surface area contributed by atoms with Crippen LogP contribution in [0.5, 0.6) is 11.5 Å². The van der Waals surface area contributed by atoms with Crippen LogP contribution >= 0.6 is 50.7 Å². The molecule has 118 valence electrons. The summed E-state index contributed by atoms with van der Waals surface area (Å²) in [4.78, 5) is 0. The fraction of sp³-hybridized carbons (Fsp3) is 0.143. The molecule has 2 aromatic carbocycles. The first kappa shape index (κ1) is 17.7. The van der Waals surface area contributed by atoms with Crippen molar-refractivity contribution >= 4 is 50.7 Å². The average molecular weight is 434 g/mol. The van der Waals surface area contributed by atoms with Gasteiger partial charge in [0.05, 0.1) is 15.6 Å². The third-order valence-corrected chi connectivity index (χ3v) is 4.47. The Labute approximate surface area is 148 Å². The van der Waals surface area contributed by atoms with Gasteiger partial charge in [0.15, 0.2) is 5.75 Å². The number of hydrogen-bond acceptors (Lipinski definition) is 1. The highest BCUT2D eigenvalue weighted by atomic mass is 79.9. The van der Waals surface area contributed by atoms with Crippen LogP contribution < -0.4 is 4.74 Å². The second-order valence-corrected chi connectivity index (χ2v) is 5.97. The van der Waals surface area contributed by atoms with E-state index in [1.165, 1.54) is 0 Å². The van der Waals surface area contributed by atoms with Crippen LogP contribution in [0.15, 0.2) is 30.3 Å². The van der Waals surface area contributed by atoms with Gasteiger partial charge in [0.1, 0.15) is 10.8 Å². The summed E-state index contributed by atoms with van der Waals surface area (Å²) >= 11 is 20.7. The first-order valence-corrected chi connectivity index (χ1v) is 8.07. The molecular weight excluding hydrogens is 427 g/mol. The minimum atomic E-state index is -4.65. The van der Waals surface area contributed by atoms with Gasteiger partial charge in [-0.1, -0.05) is 62.9 Å². The molecule has 1 nitrogen and oxygen atoms in total. The molecular formula is C14H7BrCl3F3O. The molecule has 0 aliphatic heterocycles. The highest BCUT2D eigenvalue weighted by molar-refractivity contribution is 9.08. The molecule has 2 aromatic rings. The molecule has 0 N–H and O–H groups in total. The first-order valence-electron chi connectivity index (χ1n) is 5.81. The average Bonchev–Trinajstić information content (AvgIpc) is 2.46. The number of ether oxygens (including phenoxy) is 1. The van der Waals surface area contributed by atoms with Gasteiger partial charge in [-0.2, -0.15) is 13.2 Å². The van der Waals surface area contributed by atoms with E-state index in [1.54, 1.807) is 18.2 Å². The molecule has 0 heterocycles. The zero-order valence-electron chi connectivity index (χ0n) is 10.6. The number of alkyl halides is 4. The summed E-state index contributed by atoms with van der Waals surface area (Å²) in [5, 5.41) is -0.707. The Morgan fingerprint density at radius 2 is 1.73 bits per heavy atom. The summed E-state index contributed by atoms with van der Waals surface area (Å²) < 4.78 is 43.9. The quantitative estimate of drug-likeness (QED) is 0.362. The summed E-state index contributed by atoms with van der Waals surface area (Å²) in [6.45, 7) is 0. The summed E-state index contributed by atoms with van der Waals surface area (Å²) in [7, 11) is 0. The zero-order valence-corrected chi connectivity index (χ0v) is 14.5. The summed E-state index contributed by atoms with van der Waals surface area (Å²) in [6, 6.07) is 7.61. The van der Waals surface area contributed by atoms with Crippen molar-refractivity contribution in [3.8, 4) is 11.5 Å². The van der Waals surface area contributed by atoms with Crippen molar-refractivity contribution in [1.82, 2.24) is 0 Å². The molecule has 8 heteroatoms. The second kappa shape index (κ2) is 6.87. The molecule has 2 rings (SSSR count). The van der Waals surface area contributed by atoms with Crippen LogP contribution in [0, 0.1) is 0 Å². The molecule has 0 bridgehead atoms. The lowest BCUT2D eigenvalue weighted by Gasteiger charge is -2.15. The zero-order chi connectivity index (χ0) is 16.5. The van der Waals surface area contributed by atoms with Crippen molar-refractivity contribution in [1.29, 1.82) is 0 Å². The van der Waals surface area contributed by atoms with Crippen LogP contribution in [0.3, 0.4) is 0 Å². The van der Waals surface area contributed by atoms with E-state index in [2.05, 4.69) is 15.9 Å². The summed E-state index contributed by atoms with van der Waals surface area (Å²) in [5.41, 5.74) is -0.187. The standard InChI is InChI=1S/C14H7BrCl3F3O/c15-6-7-2-1-3-8(4-7)22-13-10(16)5-9(14(19,20)21)11(17)12(13)18/h1-5H,6H2. The van der Waals surface area contributed by atoms with Gasteiger partial charge in [-0.25, -0.2) is 0 Å². The lowest BCUT2D eigenvalue weighted by atomic mass is 10.2. The molecule has 0 aliphatic carbocycles. The Balaban J connectivity index is 2.46. The topological polar surface area (TPSA) is 9.23 Å². The number of rotatable bonds is 3. The highest BCUT2D eigenvalue weighted by Gasteiger charge is 2.36. The minimum Gasteiger partial charge on any atom is -0.454 e. The van der Waals surface area contributed by atoms with E-state index >= 15 is 0 Å². The molecule has 0 unspecified atom stereocenters. The van der Waals surface area contributed by atoms with Gasteiger partial charge < -0.3 is 4.74 Å². The van der Waals surface area contributed by atoms with Crippen LogP contribution in [0.2, 0.25) is 15.1 Å². The molecule has 0 spiro atoms. The van der Waals surface area contributed by atoms with E-state index in [4.69, 9.17) is 39.5 Å². The van der Waals surface area contributed by atoms with Gasteiger partial charge in [0.2, 0.25) is 0 Å². The molecule has 0 saturated heterocycles. The van der Waals surface area contributed by atoms with Crippen molar-refractivity contribution < 1.29 is 17.9 Å². The Bertz CT molecular complexity index is 704. The second-order valence-electron chi connectivity index (χ2n) is 4.24. The van der Waals surface area contributed by atoms with Gasteiger partial charge in [-0.05, 0) is 23.8 Å². The van der Waals surface area contributed by atoms with E-state index in [-0.39, 0.29) is 15.8 Å². The van der Waals surface area contributed by atoms with Crippen molar-refractivity contribution in [2.24, 2.45) is 0 Å². The van der Waals surface area contributed by atoms with Crippen molar-refractivity contribution in [2.75, 3.05) is 0 Å². The van der Waals surface area contributed by atoms with Crippen LogP contribution in [-0.4, -0.2) is 0 Å². The van der Waals surface area contributed by atoms with Gasteiger partial charge >= 0.3 is 6.18 Å². The largest absolute Gasteiger partial charge is 0.454 e. The summed E-state index contributed by atoms with van der Waals surface area (Å²) in [5.74, 6) is 0.268. The number of hydrogen-bond donors (Lipinski definition) is 0. The molecule has 0 amide bonds. The fourth-order valence-electron chi connectivity index (χ4n) is 1.69. The Kier molecular flexibility index (Phi) is 5.54. The minimum absolute atomic E-state index is 0.118. The Hall–Kier alpha value is -0.620. The normalized spacial score (nSPS) is 11.6. The van der Waals surface area contributed by atoms with Crippen LogP contribution in [0.25, 0.3) is 0 Å². The van der Waals surface area contributed by atoms with Crippen LogP contribution in [-0.2, 0) is 11.5 Å². The molecule has 0 saturated carbocycles. The smallest absolute Gasteiger partial charge is 0.417 e. The third kappa shape index (κ3) is 3.82. The fourth-order valence-corrected chi connectivity index (χ4v) is 2.82. The van der Waals surface area contributed by atoms with Gasteiger partial charge in [0.25, 0.3) is 0 Å². The van der Waals surface area contributed by atoms with Crippen molar-refractivity contribution in [3.63, 3.8) is 0 Å². The molecule has 0 radical (unpaired) electrons. The lowest BCUT2D eigenvalue weighted by molar-refractivity contribution is -0.137. The maximum Gasteiger partial charge on any atom is 0.417 e. The predicted molar refractivity (Wildman–Crippen MR) is 85.6 cm³/mol. The molecule has 0 aromatic heterocycles. The maximum absolute atomic E-state index is 12.8. The van der Waals surface area contributed by atoms with Crippen LogP contribution in [0.1, 0.15) is 11.1 Å². The highest BCUT2D eigenvalue weighted by Crippen LogP contribution is 2.47. The number of benzene rings is 2. The predicted octanol–water partition coefficient (Wildman–Crippen LogP) is 7.35. The molecule has 0 fully saturated rings. The number of halogens is 7. The van der Waals surface area contributed by atoms with Crippen molar-refractivity contribution in [3.05, 3.63) is 56.5 Å². The Morgan fingerprint density at radius 3 is 2.32 bits per heavy atom. The summed E-state index contributed by atoms with van der Waals surface area (Å²) in [6.07, 6.45) is -4.65. The monoisotopic (exact) mass is 432 g/mol. The lowest BCUT2D eigenvalue weighted by Crippen LogP contribution is -2.06. The first-order chi connectivity index (χ1) is 10.2. The molecule has 22 heavy (non-hydrogen) atoms. The van der Waals surface area contributed by atoms with E-state index in [1.807, 2.05) is 6.07 Å². The molecule has 0 atom stereocenters. The molecule has 0 aliphatic rings. The Morgan fingerprint density at radius 1 is 1.05 bits per heavy atom. The van der Waals surface area contributed by atoms with E-state index in [0.717, 1.165) is 5.56 Å². The van der Waals surface area contributed by atoms with E-state index < -0.39 is 16.8 Å². The maximum atomic E-state index is 12.8. The van der Waals surface area contributed by atoms with Gasteiger partial charge in [-0.15, -0.1) is 0 Å². The van der Waals surface area contributed by atoms with Gasteiger partial charge in [0, 0.05) is 5.33 Å².